The Kier molecular flexibility index (Phi) is 9.10. The third kappa shape index (κ3) is 6.02. The number of benzene rings is 1. The van der Waals surface area contributed by atoms with Crippen LogP contribution in [0.15, 0.2) is 35.7 Å². The molecule has 50 heavy (non-hydrogen) atoms. The number of esters is 3. The Morgan fingerprint density at radius 2 is 1.34 bits per heavy atom. The van der Waals surface area contributed by atoms with Crippen LogP contribution < -0.4 is 5.32 Å². The van der Waals surface area contributed by atoms with Gasteiger partial charge in [-0.1, -0.05) is 6.07 Å². The number of fused-ring (bicyclic) bond motifs is 1. The number of rotatable bonds is 5. The molecule has 8 rings (SSSR count). The van der Waals surface area contributed by atoms with E-state index in [4.69, 9.17) is 14.2 Å². The number of β-amino-alcohol motifs (C(OH)–C–C–N with tert-alkyl or cyclic N) is 1. The van der Waals surface area contributed by atoms with E-state index in [1.54, 1.807) is 15.9 Å². The molecular formula is C37H46N4O9. The van der Waals surface area contributed by atoms with Gasteiger partial charge >= 0.3 is 17.9 Å². The lowest BCUT2D eigenvalue weighted by Gasteiger charge is -2.38. The number of piperidine rings is 2. The van der Waals surface area contributed by atoms with Crippen LogP contribution in [0.3, 0.4) is 0 Å². The lowest BCUT2D eigenvalue weighted by molar-refractivity contribution is -0.139. The zero-order valence-corrected chi connectivity index (χ0v) is 29.0. The van der Waals surface area contributed by atoms with Crippen LogP contribution in [-0.2, 0) is 40.0 Å². The molecule has 1 aromatic carbocycles. The van der Waals surface area contributed by atoms with Crippen molar-refractivity contribution in [1.82, 2.24) is 20.0 Å². The Morgan fingerprint density at radius 1 is 0.800 bits per heavy atom. The van der Waals surface area contributed by atoms with Gasteiger partial charge in [-0.15, -0.1) is 0 Å². The van der Waals surface area contributed by atoms with Crippen molar-refractivity contribution in [3.8, 4) is 0 Å². The summed E-state index contributed by atoms with van der Waals surface area (Å²) in [6, 6.07) is 3.76. The van der Waals surface area contributed by atoms with E-state index in [9.17, 15) is 29.1 Å². The molecule has 1 aromatic rings. The minimum Gasteiger partial charge on any atom is -0.457 e. The fraction of sp³-hybridized carbons (Fsp3) is 0.595. The molecule has 7 aliphatic rings. The van der Waals surface area contributed by atoms with Crippen LogP contribution in [0, 0.1) is 17.8 Å². The lowest BCUT2D eigenvalue weighted by Crippen LogP contribution is -2.45. The monoisotopic (exact) mass is 690 g/mol. The predicted octanol–water partition coefficient (Wildman–Crippen LogP) is 2.26. The fourth-order valence-electron chi connectivity index (χ4n) is 9.21. The third-order valence-electron chi connectivity index (χ3n) is 11.9. The summed E-state index contributed by atoms with van der Waals surface area (Å²) < 4.78 is 15.0. The van der Waals surface area contributed by atoms with E-state index in [0.29, 0.717) is 17.8 Å². The number of carbonyl (C=O) groups excluding carboxylic acids is 5. The van der Waals surface area contributed by atoms with Gasteiger partial charge in [0.1, 0.15) is 19.8 Å². The van der Waals surface area contributed by atoms with Gasteiger partial charge in [-0.05, 0) is 103 Å². The molecule has 0 aromatic heterocycles. The van der Waals surface area contributed by atoms with Crippen LogP contribution in [0.25, 0.3) is 0 Å². The average Bonchev–Trinajstić information content (AvgIpc) is 3.89. The van der Waals surface area contributed by atoms with Crippen molar-refractivity contribution in [2.75, 3.05) is 45.9 Å². The minimum atomic E-state index is -0.674. The summed E-state index contributed by atoms with van der Waals surface area (Å²) in [7, 11) is 0. The summed E-state index contributed by atoms with van der Waals surface area (Å²) in [6.07, 6.45) is 7.12. The Morgan fingerprint density at radius 3 is 1.86 bits per heavy atom. The molecule has 0 bridgehead atoms. The van der Waals surface area contributed by atoms with Gasteiger partial charge in [-0.3, -0.25) is 9.59 Å². The van der Waals surface area contributed by atoms with Crippen molar-refractivity contribution in [3.63, 3.8) is 0 Å². The maximum Gasteiger partial charge on any atom is 0.338 e. The first-order valence-electron chi connectivity index (χ1n) is 17.7. The summed E-state index contributed by atoms with van der Waals surface area (Å²) in [4.78, 5) is 66.1. The molecule has 3 atom stereocenters. The molecule has 2 amide bonds. The Labute approximate surface area is 291 Å². The first-order valence-corrected chi connectivity index (χ1v) is 17.7. The highest BCUT2D eigenvalue weighted by atomic mass is 16.5. The Bertz CT molecular complexity index is 1670. The number of amides is 2. The van der Waals surface area contributed by atoms with E-state index in [2.05, 4.69) is 17.1 Å². The number of hydrogen-bond acceptors (Lipinski definition) is 11. The maximum absolute atomic E-state index is 13.3. The van der Waals surface area contributed by atoms with Crippen molar-refractivity contribution in [2.24, 2.45) is 10.8 Å². The number of hydrogen-bond donors (Lipinski definition) is 2. The second-order valence-corrected chi connectivity index (χ2v) is 15.0. The van der Waals surface area contributed by atoms with E-state index in [1.165, 1.54) is 12.2 Å². The number of likely N-dealkylation sites (tertiary alicyclic amines) is 3. The van der Waals surface area contributed by atoms with Crippen LogP contribution in [0.5, 0.6) is 0 Å². The highest BCUT2D eigenvalue weighted by Crippen LogP contribution is 2.47. The van der Waals surface area contributed by atoms with Gasteiger partial charge in [-0.25, -0.2) is 14.4 Å². The number of cyclic esters (lactones) is 3. The molecule has 0 saturated carbocycles. The molecule has 13 heteroatoms. The van der Waals surface area contributed by atoms with Crippen LogP contribution in [0.1, 0.15) is 85.5 Å². The van der Waals surface area contributed by atoms with Gasteiger partial charge in [0, 0.05) is 36.3 Å². The van der Waals surface area contributed by atoms with E-state index in [0.717, 1.165) is 87.1 Å². The Balaban J connectivity index is 0.000000184. The smallest absolute Gasteiger partial charge is 0.338 e. The molecule has 0 aliphatic carbocycles. The topological polar surface area (TPSA) is 155 Å². The average molecular weight is 691 g/mol. The van der Waals surface area contributed by atoms with Crippen molar-refractivity contribution in [3.05, 3.63) is 57.9 Å². The van der Waals surface area contributed by atoms with Gasteiger partial charge in [0.2, 0.25) is 11.8 Å². The summed E-state index contributed by atoms with van der Waals surface area (Å²) in [6.45, 7) is 10.4. The maximum atomic E-state index is 13.3. The van der Waals surface area contributed by atoms with Crippen molar-refractivity contribution < 1.29 is 43.3 Å². The van der Waals surface area contributed by atoms with Gasteiger partial charge in [0.05, 0.1) is 33.9 Å². The Hall–Kier alpha value is -4.07. The molecular weight excluding hydrogens is 644 g/mol. The van der Waals surface area contributed by atoms with E-state index in [-0.39, 0.29) is 67.0 Å². The zero-order valence-electron chi connectivity index (χ0n) is 29.0. The van der Waals surface area contributed by atoms with Gasteiger partial charge in [0.15, 0.2) is 0 Å². The van der Waals surface area contributed by atoms with Crippen LogP contribution >= 0.6 is 0 Å². The molecule has 2 N–H and O–H groups in total. The van der Waals surface area contributed by atoms with Crippen molar-refractivity contribution >= 4 is 29.7 Å². The van der Waals surface area contributed by atoms with E-state index < -0.39 is 11.5 Å². The highest BCUT2D eigenvalue weighted by Gasteiger charge is 2.53. The third-order valence-corrected chi connectivity index (χ3v) is 11.9. The van der Waals surface area contributed by atoms with Crippen molar-refractivity contribution in [2.45, 2.75) is 84.1 Å². The quantitative estimate of drug-likeness (QED) is 0.346. The van der Waals surface area contributed by atoms with Crippen LogP contribution in [0.2, 0.25) is 0 Å². The van der Waals surface area contributed by atoms with Gasteiger partial charge < -0.3 is 39.3 Å². The summed E-state index contributed by atoms with van der Waals surface area (Å²) >= 11 is 0. The molecule has 268 valence electrons. The van der Waals surface area contributed by atoms with Crippen molar-refractivity contribution in [1.29, 1.82) is 0 Å². The van der Waals surface area contributed by atoms with E-state index >= 15 is 0 Å². The minimum absolute atomic E-state index is 0.0411. The molecule has 7 heterocycles. The normalized spacial score (nSPS) is 27.6. The van der Waals surface area contributed by atoms with Crippen LogP contribution in [0.4, 0.5) is 0 Å². The highest BCUT2D eigenvalue weighted by molar-refractivity contribution is 5.94. The summed E-state index contributed by atoms with van der Waals surface area (Å²) in [5.41, 5.74) is 3.94. The SMILES string of the molecule is CC1CC2(CCNCC2)C(=O)N1C1=CC(=O)OC1.Cc1c(C(O)CN2CCC3(CC2)CC(C)N(C2=CC(=O)OC2)C3=O)ccc2c1COC2=O. The number of ether oxygens (including phenoxy) is 3. The van der Waals surface area contributed by atoms with Gasteiger partial charge in [0.25, 0.3) is 0 Å². The fourth-order valence-corrected chi connectivity index (χ4v) is 9.21. The molecule has 4 saturated heterocycles. The number of aliphatic hydroxyl groups excluding tert-OH is 1. The first kappa shape index (κ1) is 34.4. The van der Waals surface area contributed by atoms with E-state index in [1.807, 2.05) is 19.9 Å². The number of nitrogens with one attached hydrogen (secondary N) is 1. The first-order chi connectivity index (χ1) is 23.9. The molecule has 7 aliphatic heterocycles. The second-order valence-electron chi connectivity index (χ2n) is 15.0. The molecule has 13 nitrogen and oxygen atoms in total. The zero-order chi connectivity index (χ0) is 35.4. The molecule has 4 fully saturated rings. The lowest BCUT2D eigenvalue weighted by atomic mass is 9.76. The summed E-state index contributed by atoms with van der Waals surface area (Å²) in [5, 5.41) is 14.2. The molecule has 3 unspecified atom stereocenters. The van der Waals surface area contributed by atoms with Gasteiger partial charge in [-0.2, -0.15) is 0 Å². The number of aliphatic hydroxyl groups is 1. The molecule has 2 spiro atoms. The number of carbonyl (C=O) groups is 5. The number of nitrogens with zero attached hydrogens (tertiary/aromatic N) is 3. The predicted molar refractivity (Wildman–Crippen MR) is 178 cm³/mol. The summed E-state index contributed by atoms with van der Waals surface area (Å²) in [5.74, 6) is -0.756. The largest absolute Gasteiger partial charge is 0.457 e. The standard InChI is InChI=1S/C24H28N2O6.C13H18N2O3/c1-14-10-24(23(30)26(14)16-9-21(28)31-12-16)5-7-25(8-6-24)11-20(27)17-3-4-18-19(15(17)2)13-32-22(18)29;1-9-7-13(2-4-14-5-3-13)12(17)15(9)10-6-11(16)18-8-10/h3-4,9,14,20,27H,5-8,10-13H2,1-2H3;6,9,14H,2-5,7-8H2,1H3. The van der Waals surface area contributed by atoms with Crippen LogP contribution in [-0.4, -0.2) is 108 Å². The molecule has 0 radical (unpaired) electrons. The second kappa shape index (κ2) is 13.2.